The highest BCUT2D eigenvalue weighted by Gasteiger charge is 2.26. The standard InChI is InChI=1S/C25H32N4O4/c1-3-20-6-4-5-7-21(20)27-24(30)16-28-10-12-29(13-11-28)18(2)25(31)26-15-19-8-9-22-23(14-19)33-17-32-22/h4-9,14,18H,3,10-13,15-17H2,1-2H3,(H,26,31)(H,27,30)/t18-/m0/s1. The first-order valence-electron chi connectivity index (χ1n) is 11.5. The summed E-state index contributed by atoms with van der Waals surface area (Å²) in [7, 11) is 0. The monoisotopic (exact) mass is 452 g/mol. The van der Waals surface area contributed by atoms with Gasteiger partial charge in [-0.2, -0.15) is 0 Å². The smallest absolute Gasteiger partial charge is 0.238 e. The Balaban J connectivity index is 1.20. The number of para-hydroxylation sites is 1. The van der Waals surface area contributed by atoms with Crippen LogP contribution in [-0.2, 0) is 22.6 Å². The molecule has 2 aromatic rings. The lowest BCUT2D eigenvalue weighted by atomic mass is 10.1. The topological polar surface area (TPSA) is 83.1 Å². The van der Waals surface area contributed by atoms with Gasteiger partial charge in [-0.3, -0.25) is 19.4 Å². The minimum atomic E-state index is -0.230. The van der Waals surface area contributed by atoms with Crippen molar-refractivity contribution in [2.24, 2.45) is 0 Å². The predicted molar refractivity (Wildman–Crippen MR) is 126 cm³/mol. The average molecular weight is 453 g/mol. The Labute approximate surface area is 194 Å². The van der Waals surface area contributed by atoms with Crippen molar-refractivity contribution < 1.29 is 19.1 Å². The van der Waals surface area contributed by atoms with Gasteiger partial charge in [-0.1, -0.05) is 31.2 Å². The van der Waals surface area contributed by atoms with E-state index in [1.165, 1.54) is 0 Å². The van der Waals surface area contributed by atoms with Crippen molar-refractivity contribution in [2.75, 3.05) is 44.8 Å². The number of fused-ring (bicyclic) bond motifs is 1. The number of carbonyl (C=O) groups is 2. The van der Waals surface area contributed by atoms with Crippen molar-refractivity contribution in [3.63, 3.8) is 0 Å². The highest BCUT2D eigenvalue weighted by Crippen LogP contribution is 2.32. The SMILES string of the molecule is CCc1ccccc1NC(=O)CN1CCN([C@@H](C)C(=O)NCc2ccc3c(c2)OCO3)CC1. The highest BCUT2D eigenvalue weighted by atomic mass is 16.7. The van der Waals surface area contributed by atoms with E-state index in [4.69, 9.17) is 9.47 Å². The van der Waals surface area contributed by atoms with Gasteiger partial charge < -0.3 is 20.1 Å². The van der Waals surface area contributed by atoms with Gasteiger partial charge in [0, 0.05) is 38.4 Å². The minimum Gasteiger partial charge on any atom is -0.454 e. The third kappa shape index (κ3) is 5.83. The normalized spacial score (nSPS) is 16.9. The molecule has 0 aliphatic carbocycles. The average Bonchev–Trinajstić information content (AvgIpc) is 3.31. The van der Waals surface area contributed by atoms with E-state index in [0.29, 0.717) is 18.8 Å². The lowest BCUT2D eigenvalue weighted by molar-refractivity contribution is -0.127. The van der Waals surface area contributed by atoms with Crippen LogP contribution in [0.1, 0.15) is 25.0 Å². The predicted octanol–water partition coefficient (Wildman–Crippen LogP) is 2.24. The van der Waals surface area contributed by atoms with Crippen molar-refractivity contribution in [2.45, 2.75) is 32.9 Å². The van der Waals surface area contributed by atoms with E-state index in [0.717, 1.165) is 55.2 Å². The fourth-order valence-electron chi connectivity index (χ4n) is 4.21. The molecule has 0 saturated carbocycles. The zero-order valence-corrected chi connectivity index (χ0v) is 19.3. The maximum atomic E-state index is 12.7. The van der Waals surface area contributed by atoms with Crippen molar-refractivity contribution in [3.05, 3.63) is 53.6 Å². The van der Waals surface area contributed by atoms with Gasteiger partial charge >= 0.3 is 0 Å². The summed E-state index contributed by atoms with van der Waals surface area (Å²) in [5.74, 6) is 1.45. The molecule has 1 atom stereocenters. The fourth-order valence-corrected chi connectivity index (χ4v) is 4.21. The summed E-state index contributed by atoms with van der Waals surface area (Å²) in [6.45, 7) is 8.05. The van der Waals surface area contributed by atoms with Crippen molar-refractivity contribution in [1.82, 2.24) is 15.1 Å². The first kappa shape index (κ1) is 23.1. The maximum absolute atomic E-state index is 12.7. The lowest BCUT2D eigenvalue weighted by Gasteiger charge is -2.37. The van der Waals surface area contributed by atoms with Crippen LogP contribution in [0.4, 0.5) is 5.69 Å². The van der Waals surface area contributed by atoms with Gasteiger partial charge in [0.15, 0.2) is 11.5 Å². The van der Waals surface area contributed by atoms with Crippen LogP contribution in [-0.4, -0.2) is 67.2 Å². The van der Waals surface area contributed by atoms with Crippen LogP contribution >= 0.6 is 0 Å². The van der Waals surface area contributed by atoms with Gasteiger partial charge in [-0.15, -0.1) is 0 Å². The maximum Gasteiger partial charge on any atom is 0.238 e. The molecule has 0 bridgehead atoms. The van der Waals surface area contributed by atoms with E-state index in [1.807, 2.05) is 49.4 Å². The summed E-state index contributed by atoms with van der Waals surface area (Å²) < 4.78 is 10.7. The van der Waals surface area contributed by atoms with Crippen molar-refractivity contribution >= 4 is 17.5 Å². The summed E-state index contributed by atoms with van der Waals surface area (Å²) in [6.07, 6.45) is 0.879. The molecule has 2 amide bonds. The fraction of sp³-hybridized carbons (Fsp3) is 0.440. The molecular formula is C25H32N4O4. The van der Waals surface area contributed by atoms with E-state index >= 15 is 0 Å². The quantitative estimate of drug-likeness (QED) is 0.639. The third-order valence-electron chi connectivity index (χ3n) is 6.28. The number of amides is 2. The second kappa shape index (κ2) is 10.7. The Morgan fingerprint density at radius 2 is 1.79 bits per heavy atom. The number of nitrogens with one attached hydrogen (secondary N) is 2. The second-order valence-corrected chi connectivity index (χ2v) is 8.45. The third-order valence-corrected chi connectivity index (χ3v) is 6.28. The van der Waals surface area contributed by atoms with Crippen molar-refractivity contribution in [1.29, 1.82) is 0 Å². The van der Waals surface area contributed by atoms with Gasteiger partial charge in [0.25, 0.3) is 0 Å². The zero-order valence-electron chi connectivity index (χ0n) is 19.3. The number of piperazine rings is 1. The Morgan fingerprint density at radius 3 is 2.58 bits per heavy atom. The summed E-state index contributed by atoms with van der Waals surface area (Å²) in [5, 5.41) is 6.05. The van der Waals surface area contributed by atoms with E-state index in [9.17, 15) is 9.59 Å². The van der Waals surface area contributed by atoms with Crippen LogP contribution in [0.25, 0.3) is 0 Å². The van der Waals surface area contributed by atoms with Crippen LogP contribution in [0.5, 0.6) is 11.5 Å². The molecule has 2 N–H and O–H groups in total. The molecule has 1 saturated heterocycles. The number of hydrogen-bond donors (Lipinski definition) is 2. The molecule has 1 fully saturated rings. The molecule has 0 spiro atoms. The number of carbonyl (C=O) groups excluding carboxylic acids is 2. The summed E-state index contributed by atoms with van der Waals surface area (Å²) in [5.41, 5.74) is 2.99. The number of aryl methyl sites for hydroxylation is 1. The Kier molecular flexibility index (Phi) is 7.47. The Hall–Kier alpha value is -3.10. The minimum absolute atomic E-state index is 0.00105. The van der Waals surface area contributed by atoms with Gasteiger partial charge in [-0.05, 0) is 42.7 Å². The largest absolute Gasteiger partial charge is 0.454 e. The molecular weight excluding hydrogens is 420 g/mol. The number of hydrogen-bond acceptors (Lipinski definition) is 6. The van der Waals surface area contributed by atoms with E-state index < -0.39 is 0 Å². The molecule has 0 unspecified atom stereocenters. The molecule has 4 rings (SSSR count). The van der Waals surface area contributed by atoms with E-state index in [1.54, 1.807) is 0 Å². The summed E-state index contributed by atoms with van der Waals surface area (Å²) in [4.78, 5) is 29.5. The van der Waals surface area contributed by atoms with E-state index in [2.05, 4.69) is 27.4 Å². The molecule has 2 aliphatic rings. The number of rotatable bonds is 8. The number of anilines is 1. The van der Waals surface area contributed by atoms with Crippen LogP contribution in [0, 0.1) is 0 Å². The molecule has 2 aliphatic heterocycles. The van der Waals surface area contributed by atoms with Gasteiger partial charge in [0.1, 0.15) is 0 Å². The second-order valence-electron chi connectivity index (χ2n) is 8.45. The lowest BCUT2D eigenvalue weighted by Crippen LogP contribution is -2.54. The van der Waals surface area contributed by atoms with Gasteiger partial charge in [0.05, 0.1) is 12.6 Å². The molecule has 8 heteroatoms. The Morgan fingerprint density at radius 1 is 1.03 bits per heavy atom. The number of benzene rings is 2. The van der Waals surface area contributed by atoms with Crippen LogP contribution < -0.4 is 20.1 Å². The van der Waals surface area contributed by atoms with Crippen LogP contribution in [0.3, 0.4) is 0 Å². The molecule has 33 heavy (non-hydrogen) atoms. The molecule has 2 heterocycles. The summed E-state index contributed by atoms with van der Waals surface area (Å²) in [6, 6.07) is 13.4. The van der Waals surface area contributed by atoms with Gasteiger partial charge in [0.2, 0.25) is 18.6 Å². The van der Waals surface area contributed by atoms with Crippen LogP contribution in [0.2, 0.25) is 0 Å². The zero-order chi connectivity index (χ0) is 23.2. The van der Waals surface area contributed by atoms with E-state index in [-0.39, 0.29) is 24.6 Å². The molecule has 2 aromatic carbocycles. The number of nitrogens with zero attached hydrogens (tertiary/aromatic N) is 2. The highest BCUT2D eigenvalue weighted by molar-refractivity contribution is 5.93. The van der Waals surface area contributed by atoms with Gasteiger partial charge in [-0.25, -0.2) is 0 Å². The Bertz CT molecular complexity index is 988. The summed E-state index contributed by atoms with van der Waals surface area (Å²) >= 11 is 0. The molecule has 8 nitrogen and oxygen atoms in total. The van der Waals surface area contributed by atoms with Crippen LogP contribution in [0.15, 0.2) is 42.5 Å². The number of ether oxygens (including phenoxy) is 2. The first-order valence-corrected chi connectivity index (χ1v) is 11.5. The molecule has 0 radical (unpaired) electrons. The molecule has 0 aromatic heterocycles. The molecule has 176 valence electrons. The first-order chi connectivity index (χ1) is 16.0. The van der Waals surface area contributed by atoms with Crippen molar-refractivity contribution in [3.8, 4) is 11.5 Å².